The van der Waals surface area contributed by atoms with Crippen molar-refractivity contribution in [2.75, 3.05) is 0 Å². The highest BCUT2D eigenvalue weighted by molar-refractivity contribution is 9.10. The van der Waals surface area contributed by atoms with Crippen LogP contribution in [0.1, 0.15) is 35.5 Å². The van der Waals surface area contributed by atoms with E-state index in [0.717, 1.165) is 38.9 Å². The molecule has 0 amide bonds. The Morgan fingerprint density at radius 2 is 2.00 bits per heavy atom. The van der Waals surface area contributed by atoms with Crippen molar-refractivity contribution in [3.05, 3.63) is 49.7 Å². The molecule has 2 rings (SSSR count). The van der Waals surface area contributed by atoms with Crippen LogP contribution >= 0.6 is 31.9 Å². The number of nitrogens with zero attached hydrogens (tertiary/aromatic N) is 2. The zero-order valence-corrected chi connectivity index (χ0v) is 15.1. The van der Waals surface area contributed by atoms with E-state index in [1.807, 2.05) is 11.6 Å². The van der Waals surface area contributed by atoms with Crippen LogP contribution in [0, 0.1) is 13.8 Å². The topological polar surface area (TPSA) is 43.8 Å². The van der Waals surface area contributed by atoms with Gasteiger partial charge in [0.1, 0.15) is 0 Å². The predicted molar refractivity (Wildman–Crippen MR) is 89.8 cm³/mol. The molecular formula is C15H19Br2N3. The maximum atomic E-state index is 6.39. The molecule has 20 heavy (non-hydrogen) atoms. The van der Waals surface area contributed by atoms with E-state index >= 15 is 0 Å². The van der Waals surface area contributed by atoms with Crippen molar-refractivity contribution in [2.24, 2.45) is 5.73 Å². The standard InChI is InChI=1S/C15H19Br2N3/c1-4-20-14(15(17)10(3)19-20)8-13(18)11-6-5-9(2)7-12(11)16/h5-7,13H,4,8,18H2,1-3H3. The van der Waals surface area contributed by atoms with Crippen LogP contribution in [0.3, 0.4) is 0 Å². The SMILES string of the molecule is CCn1nc(C)c(Br)c1CC(N)c1ccc(C)cc1Br. The largest absolute Gasteiger partial charge is 0.324 e. The molecular weight excluding hydrogens is 382 g/mol. The van der Waals surface area contributed by atoms with Gasteiger partial charge in [0.2, 0.25) is 0 Å². The first-order valence-electron chi connectivity index (χ1n) is 6.67. The monoisotopic (exact) mass is 399 g/mol. The Morgan fingerprint density at radius 1 is 1.30 bits per heavy atom. The third kappa shape index (κ3) is 3.15. The number of nitrogens with two attached hydrogens (primary N) is 1. The van der Waals surface area contributed by atoms with E-state index in [1.54, 1.807) is 0 Å². The average molecular weight is 401 g/mol. The Labute approximate surface area is 136 Å². The zero-order valence-electron chi connectivity index (χ0n) is 12.0. The van der Waals surface area contributed by atoms with Gasteiger partial charge in [0.05, 0.1) is 15.9 Å². The lowest BCUT2D eigenvalue weighted by Crippen LogP contribution is -2.17. The second-order valence-electron chi connectivity index (χ2n) is 5.00. The van der Waals surface area contributed by atoms with Gasteiger partial charge in [-0.15, -0.1) is 0 Å². The molecule has 1 aromatic carbocycles. The Kier molecular flexibility index (Phi) is 5.04. The molecule has 0 aliphatic heterocycles. The summed E-state index contributed by atoms with van der Waals surface area (Å²) in [6.45, 7) is 7.03. The van der Waals surface area contributed by atoms with E-state index in [0.29, 0.717) is 0 Å². The fourth-order valence-electron chi connectivity index (χ4n) is 2.32. The molecule has 0 spiro atoms. The molecule has 108 valence electrons. The molecule has 1 heterocycles. The lowest BCUT2D eigenvalue weighted by molar-refractivity contribution is 0.585. The van der Waals surface area contributed by atoms with Crippen molar-refractivity contribution in [1.82, 2.24) is 9.78 Å². The normalized spacial score (nSPS) is 12.7. The molecule has 1 aromatic heterocycles. The van der Waals surface area contributed by atoms with Crippen LogP contribution in [0.2, 0.25) is 0 Å². The Morgan fingerprint density at radius 3 is 2.60 bits per heavy atom. The van der Waals surface area contributed by atoms with Crippen LogP contribution in [-0.2, 0) is 13.0 Å². The summed E-state index contributed by atoms with van der Waals surface area (Å²) >= 11 is 7.23. The van der Waals surface area contributed by atoms with Crippen molar-refractivity contribution in [1.29, 1.82) is 0 Å². The minimum Gasteiger partial charge on any atom is -0.324 e. The van der Waals surface area contributed by atoms with Crippen LogP contribution in [0.25, 0.3) is 0 Å². The first-order chi connectivity index (χ1) is 9.43. The first kappa shape index (κ1) is 15.7. The van der Waals surface area contributed by atoms with Crippen LogP contribution in [0.5, 0.6) is 0 Å². The maximum Gasteiger partial charge on any atom is 0.0738 e. The Hall–Kier alpha value is -0.650. The molecule has 1 atom stereocenters. The quantitative estimate of drug-likeness (QED) is 0.831. The Balaban J connectivity index is 2.30. The second kappa shape index (κ2) is 6.41. The van der Waals surface area contributed by atoms with Crippen molar-refractivity contribution in [3.63, 3.8) is 0 Å². The van der Waals surface area contributed by atoms with Crippen molar-refractivity contribution >= 4 is 31.9 Å². The molecule has 2 aromatic rings. The predicted octanol–water partition coefficient (Wildman–Crippen LogP) is 4.29. The molecule has 2 N–H and O–H groups in total. The molecule has 3 nitrogen and oxygen atoms in total. The minimum absolute atomic E-state index is 0.0531. The first-order valence-corrected chi connectivity index (χ1v) is 8.26. The molecule has 1 unspecified atom stereocenters. The highest BCUT2D eigenvalue weighted by atomic mass is 79.9. The average Bonchev–Trinajstić information content (AvgIpc) is 2.66. The number of halogens is 2. The number of aryl methyl sites for hydroxylation is 3. The zero-order chi connectivity index (χ0) is 14.9. The highest BCUT2D eigenvalue weighted by Gasteiger charge is 2.17. The molecule has 0 saturated carbocycles. The van der Waals surface area contributed by atoms with E-state index in [1.165, 1.54) is 5.56 Å². The van der Waals surface area contributed by atoms with Gasteiger partial charge in [-0.1, -0.05) is 28.1 Å². The lowest BCUT2D eigenvalue weighted by Gasteiger charge is -2.15. The maximum absolute atomic E-state index is 6.39. The number of hydrogen-bond donors (Lipinski definition) is 1. The van der Waals surface area contributed by atoms with E-state index in [2.05, 4.69) is 69.0 Å². The molecule has 0 bridgehead atoms. The van der Waals surface area contributed by atoms with E-state index in [9.17, 15) is 0 Å². The van der Waals surface area contributed by atoms with Gasteiger partial charge >= 0.3 is 0 Å². The Bertz CT molecular complexity index is 620. The summed E-state index contributed by atoms with van der Waals surface area (Å²) in [5.74, 6) is 0. The molecule has 0 aliphatic carbocycles. The van der Waals surface area contributed by atoms with Gasteiger partial charge in [-0.2, -0.15) is 5.10 Å². The van der Waals surface area contributed by atoms with Crippen LogP contribution in [0.15, 0.2) is 27.1 Å². The van der Waals surface area contributed by atoms with Crippen molar-refractivity contribution in [2.45, 2.75) is 39.8 Å². The summed E-state index contributed by atoms with van der Waals surface area (Å²) in [5.41, 5.74) is 10.9. The summed E-state index contributed by atoms with van der Waals surface area (Å²) in [5, 5.41) is 4.51. The van der Waals surface area contributed by atoms with Gasteiger partial charge in [-0.05, 0) is 53.9 Å². The third-order valence-corrected chi connectivity index (χ3v) is 5.14. The summed E-state index contributed by atoms with van der Waals surface area (Å²) < 4.78 is 4.15. The van der Waals surface area contributed by atoms with Crippen molar-refractivity contribution in [3.8, 4) is 0 Å². The smallest absolute Gasteiger partial charge is 0.0738 e. The van der Waals surface area contributed by atoms with Crippen LogP contribution in [0.4, 0.5) is 0 Å². The van der Waals surface area contributed by atoms with Gasteiger partial charge in [0.25, 0.3) is 0 Å². The summed E-state index contributed by atoms with van der Waals surface area (Å²) in [6, 6.07) is 6.24. The fraction of sp³-hybridized carbons (Fsp3) is 0.400. The third-order valence-electron chi connectivity index (χ3n) is 3.42. The van der Waals surface area contributed by atoms with Gasteiger partial charge in [-0.3, -0.25) is 4.68 Å². The second-order valence-corrected chi connectivity index (χ2v) is 6.64. The number of benzene rings is 1. The van der Waals surface area contributed by atoms with Gasteiger partial charge < -0.3 is 5.73 Å². The van der Waals surface area contributed by atoms with Gasteiger partial charge in [-0.25, -0.2) is 0 Å². The van der Waals surface area contributed by atoms with Crippen molar-refractivity contribution < 1.29 is 0 Å². The van der Waals surface area contributed by atoms with Gasteiger partial charge in [0.15, 0.2) is 0 Å². The molecule has 0 saturated heterocycles. The summed E-state index contributed by atoms with van der Waals surface area (Å²) in [6.07, 6.45) is 0.761. The molecule has 0 fully saturated rings. The molecule has 5 heteroatoms. The summed E-state index contributed by atoms with van der Waals surface area (Å²) in [4.78, 5) is 0. The number of hydrogen-bond acceptors (Lipinski definition) is 2. The highest BCUT2D eigenvalue weighted by Crippen LogP contribution is 2.29. The fourth-order valence-corrected chi connectivity index (χ4v) is 3.55. The summed E-state index contributed by atoms with van der Waals surface area (Å²) in [7, 11) is 0. The number of aromatic nitrogens is 2. The molecule has 0 radical (unpaired) electrons. The van der Waals surface area contributed by atoms with Gasteiger partial charge in [0, 0.05) is 23.5 Å². The number of rotatable bonds is 4. The van der Waals surface area contributed by atoms with E-state index in [-0.39, 0.29) is 6.04 Å². The van der Waals surface area contributed by atoms with Crippen LogP contribution in [-0.4, -0.2) is 9.78 Å². The molecule has 0 aliphatic rings. The van der Waals surface area contributed by atoms with E-state index < -0.39 is 0 Å². The minimum atomic E-state index is -0.0531. The van der Waals surface area contributed by atoms with Crippen LogP contribution < -0.4 is 5.73 Å². The lowest BCUT2D eigenvalue weighted by atomic mass is 10.0. The van der Waals surface area contributed by atoms with E-state index in [4.69, 9.17) is 5.73 Å².